The van der Waals surface area contributed by atoms with Crippen LogP contribution < -0.4 is 10.4 Å². The van der Waals surface area contributed by atoms with E-state index in [1.54, 1.807) is 0 Å². The lowest BCUT2D eigenvalue weighted by Gasteiger charge is -2.27. The van der Waals surface area contributed by atoms with Gasteiger partial charge in [0.1, 0.15) is 0 Å². The lowest BCUT2D eigenvalue weighted by molar-refractivity contribution is 0.583. The molecule has 0 unspecified atom stereocenters. The zero-order chi connectivity index (χ0) is 33.1. The molecular formula is C47H45. The topological polar surface area (TPSA) is 0 Å². The van der Waals surface area contributed by atoms with Crippen LogP contribution in [0.1, 0.15) is 89.6 Å². The van der Waals surface area contributed by atoms with Gasteiger partial charge in [-0.05, 0) is 150 Å². The third-order valence-corrected chi connectivity index (χ3v) is 9.74. The Kier molecular flexibility index (Phi) is 7.59. The van der Waals surface area contributed by atoms with Crippen LogP contribution in [0.15, 0.2) is 115 Å². The van der Waals surface area contributed by atoms with E-state index in [4.69, 9.17) is 0 Å². The van der Waals surface area contributed by atoms with Crippen molar-refractivity contribution in [3.05, 3.63) is 154 Å². The van der Waals surface area contributed by atoms with Crippen LogP contribution in [0.4, 0.5) is 0 Å². The molecule has 0 aliphatic heterocycles. The first-order valence-corrected chi connectivity index (χ1v) is 17.0. The zero-order valence-electron chi connectivity index (χ0n) is 29.2. The first-order chi connectivity index (χ1) is 22.4. The minimum atomic E-state index is -0.0637. The van der Waals surface area contributed by atoms with E-state index >= 15 is 0 Å². The van der Waals surface area contributed by atoms with E-state index in [0.717, 1.165) is 6.42 Å². The normalized spacial score (nSPS) is 13.9. The first kappa shape index (κ1) is 30.9. The fourth-order valence-electron chi connectivity index (χ4n) is 7.37. The molecule has 233 valence electrons. The summed E-state index contributed by atoms with van der Waals surface area (Å²) >= 11 is 0. The quantitative estimate of drug-likeness (QED) is 0.186. The molecule has 0 heteroatoms. The van der Waals surface area contributed by atoms with Crippen molar-refractivity contribution < 1.29 is 0 Å². The van der Waals surface area contributed by atoms with Crippen molar-refractivity contribution >= 4 is 22.8 Å². The Labute approximate surface area is 281 Å². The molecule has 0 saturated carbocycles. The molecule has 2 aliphatic rings. The van der Waals surface area contributed by atoms with E-state index in [1.807, 2.05) is 0 Å². The third kappa shape index (κ3) is 5.65. The average molecular weight is 610 g/mol. The van der Waals surface area contributed by atoms with Crippen molar-refractivity contribution in [3.63, 3.8) is 0 Å². The molecule has 1 radical (unpaired) electrons. The standard InChI is InChI=1S/C47H45/c1-30(2)41-29-42-39-23-22-37(46(3,4)5)27-36(39)28-43(42)44(45(41)47(6,7)8)40-21-15-20-38(40)35-25-33(31-16-11-9-12-17-31)24-34(26-35)32-18-13-10-14-19-32/h9-20,22-27,29H,21H2,1-8H3. The van der Waals surface area contributed by atoms with Gasteiger partial charge in [0.05, 0.1) is 0 Å². The summed E-state index contributed by atoms with van der Waals surface area (Å²) in [6.07, 6.45) is 9.61. The van der Waals surface area contributed by atoms with Crippen molar-refractivity contribution in [1.29, 1.82) is 0 Å². The highest BCUT2D eigenvalue weighted by molar-refractivity contribution is 6.02. The minimum Gasteiger partial charge on any atom is -0.0795 e. The van der Waals surface area contributed by atoms with Crippen molar-refractivity contribution in [3.8, 4) is 33.4 Å². The second-order valence-corrected chi connectivity index (χ2v) is 15.5. The van der Waals surface area contributed by atoms with Crippen LogP contribution >= 0.6 is 0 Å². The fourth-order valence-corrected chi connectivity index (χ4v) is 7.37. The predicted molar refractivity (Wildman–Crippen MR) is 204 cm³/mol. The second-order valence-electron chi connectivity index (χ2n) is 15.5. The van der Waals surface area contributed by atoms with E-state index in [-0.39, 0.29) is 10.8 Å². The zero-order valence-corrected chi connectivity index (χ0v) is 29.2. The molecule has 0 aromatic heterocycles. The van der Waals surface area contributed by atoms with E-state index in [9.17, 15) is 0 Å². The van der Waals surface area contributed by atoms with Crippen LogP contribution in [0, 0.1) is 0 Å². The van der Waals surface area contributed by atoms with E-state index in [0.29, 0.717) is 0 Å². The first-order valence-electron chi connectivity index (χ1n) is 17.0. The summed E-state index contributed by atoms with van der Waals surface area (Å²) in [5.74, 6) is 0. The number of rotatable bonds is 4. The van der Waals surface area contributed by atoms with Gasteiger partial charge in [-0.15, -0.1) is 0 Å². The van der Waals surface area contributed by atoms with Crippen molar-refractivity contribution in [2.45, 2.75) is 72.6 Å². The van der Waals surface area contributed by atoms with Gasteiger partial charge in [-0.25, -0.2) is 0 Å². The molecule has 0 N–H and O–H groups in total. The van der Waals surface area contributed by atoms with E-state index in [2.05, 4.69) is 177 Å². The Balaban J connectivity index is 1.56. The summed E-state index contributed by atoms with van der Waals surface area (Å²) in [5, 5.41) is 2.61. The molecule has 5 aromatic rings. The summed E-state index contributed by atoms with van der Waals surface area (Å²) in [5.41, 5.74) is 18.2. The van der Waals surface area contributed by atoms with Crippen molar-refractivity contribution in [1.82, 2.24) is 0 Å². The van der Waals surface area contributed by atoms with Gasteiger partial charge < -0.3 is 0 Å². The van der Waals surface area contributed by atoms with E-state index < -0.39 is 0 Å². The molecule has 5 aromatic carbocycles. The lowest BCUT2D eigenvalue weighted by atomic mass is 9.76. The van der Waals surface area contributed by atoms with Crippen LogP contribution in [0.2, 0.25) is 0 Å². The van der Waals surface area contributed by atoms with Crippen LogP contribution in [-0.2, 0) is 10.8 Å². The molecule has 0 fully saturated rings. The SMILES string of the molecule is CC(C)=c1cc2c(c(C3=C(c4cc(-c5ccccc5)cc(-c5ccccc5)c4)C=CC3)c1C(C)(C)C)=[C]c1cc(C(C)(C)C)ccc1-2. The molecule has 47 heavy (non-hydrogen) atoms. The molecule has 7 rings (SSSR count). The van der Waals surface area contributed by atoms with E-state index in [1.165, 1.54) is 88.4 Å². The summed E-state index contributed by atoms with van der Waals surface area (Å²) in [6.45, 7) is 18.5. The predicted octanol–water partition coefficient (Wildman–Crippen LogP) is 11.4. The molecule has 0 spiro atoms. The molecule has 0 nitrogen and oxygen atoms in total. The van der Waals surface area contributed by atoms with Crippen molar-refractivity contribution in [2.24, 2.45) is 0 Å². The maximum atomic E-state index is 3.99. The summed E-state index contributed by atoms with van der Waals surface area (Å²) in [4.78, 5) is 0. The molecule has 0 amide bonds. The minimum absolute atomic E-state index is 0.0637. The van der Waals surface area contributed by atoms with Gasteiger partial charge in [-0.1, -0.05) is 132 Å². The van der Waals surface area contributed by atoms with Gasteiger partial charge in [-0.2, -0.15) is 0 Å². The summed E-state index contributed by atoms with van der Waals surface area (Å²) < 4.78 is 0. The number of hydrogen-bond acceptors (Lipinski definition) is 0. The van der Waals surface area contributed by atoms with Gasteiger partial charge in [0, 0.05) is 0 Å². The molecular weight excluding hydrogens is 565 g/mol. The maximum absolute atomic E-state index is 3.99. The Hall–Kier alpha value is -4.68. The van der Waals surface area contributed by atoms with Crippen LogP contribution in [-0.4, -0.2) is 0 Å². The summed E-state index contributed by atoms with van der Waals surface area (Å²) in [6, 6.07) is 38.2. The fraction of sp³-hybridized carbons (Fsp3) is 0.234. The lowest BCUT2D eigenvalue weighted by Crippen LogP contribution is -2.31. The smallest absolute Gasteiger partial charge is 0.000731 e. The average Bonchev–Trinajstić information content (AvgIpc) is 3.68. The second kappa shape index (κ2) is 11.5. The molecule has 2 aliphatic carbocycles. The Bertz CT molecular complexity index is 2150. The van der Waals surface area contributed by atoms with Gasteiger partial charge >= 0.3 is 0 Å². The van der Waals surface area contributed by atoms with Crippen LogP contribution in [0.5, 0.6) is 0 Å². The third-order valence-electron chi connectivity index (χ3n) is 9.74. The molecule has 0 heterocycles. The number of fused-ring (bicyclic) bond motifs is 3. The highest BCUT2D eigenvalue weighted by atomic mass is 14.3. The Morgan fingerprint density at radius 2 is 1.19 bits per heavy atom. The van der Waals surface area contributed by atoms with Crippen LogP contribution in [0.25, 0.3) is 56.2 Å². The maximum Gasteiger partial charge on any atom is -0.000731 e. The largest absolute Gasteiger partial charge is 0.0795 e. The summed E-state index contributed by atoms with van der Waals surface area (Å²) in [7, 11) is 0. The molecule has 0 bridgehead atoms. The monoisotopic (exact) mass is 609 g/mol. The Morgan fingerprint density at radius 3 is 1.74 bits per heavy atom. The number of hydrogen-bond donors (Lipinski definition) is 0. The number of allylic oxidation sites excluding steroid dienone is 4. The molecule has 0 atom stereocenters. The van der Waals surface area contributed by atoms with Gasteiger partial charge in [-0.3, -0.25) is 0 Å². The van der Waals surface area contributed by atoms with Gasteiger partial charge in [0.15, 0.2) is 0 Å². The number of benzene rings is 5. The Morgan fingerprint density at radius 1 is 0.596 bits per heavy atom. The highest BCUT2D eigenvalue weighted by Crippen LogP contribution is 2.42. The van der Waals surface area contributed by atoms with Crippen LogP contribution in [0.3, 0.4) is 0 Å². The highest BCUT2D eigenvalue weighted by Gasteiger charge is 2.30. The van der Waals surface area contributed by atoms with Gasteiger partial charge in [0.2, 0.25) is 0 Å². The van der Waals surface area contributed by atoms with Gasteiger partial charge in [0.25, 0.3) is 0 Å². The van der Waals surface area contributed by atoms with Crippen molar-refractivity contribution in [2.75, 3.05) is 0 Å². The molecule has 0 saturated heterocycles.